The van der Waals surface area contributed by atoms with Gasteiger partial charge in [-0.25, -0.2) is 0 Å². The van der Waals surface area contributed by atoms with E-state index in [0.29, 0.717) is 31.5 Å². The molecule has 2 aliphatic heterocycles. The monoisotopic (exact) mass is 282 g/mol. The van der Waals surface area contributed by atoms with Crippen LogP contribution in [0, 0.1) is 11.8 Å². The Hall–Kier alpha value is -0.650. The van der Waals surface area contributed by atoms with Gasteiger partial charge in [0.15, 0.2) is 0 Å². The molecule has 1 N–H and O–H groups in total. The quantitative estimate of drug-likeness (QED) is 0.807. The lowest BCUT2D eigenvalue weighted by molar-refractivity contribution is -0.135. The third-order valence-electron chi connectivity index (χ3n) is 5.12. The summed E-state index contributed by atoms with van der Waals surface area (Å²) >= 11 is 0. The predicted molar refractivity (Wildman–Crippen MR) is 75.3 cm³/mol. The summed E-state index contributed by atoms with van der Waals surface area (Å²) in [7, 11) is 0. The van der Waals surface area contributed by atoms with Crippen molar-refractivity contribution in [3.8, 4) is 0 Å². The number of carbonyl (C=O) groups excluding carboxylic acids is 1. The Balaban J connectivity index is 1.35. The highest BCUT2D eigenvalue weighted by atomic mass is 16.5. The summed E-state index contributed by atoms with van der Waals surface area (Å²) in [4.78, 5) is 16.4. The van der Waals surface area contributed by atoms with Crippen LogP contribution >= 0.6 is 0 Å². The molecule has 0 aromatic rings. The minimum Gasteiger partial charge on any atom is -0.393 e. The van der Waals surface area contributed by atoms with E-state index >= 15 is 0 Å². The van der Waals surface area contributed by atoms with Crippen LogP contribution in [0.1, 0.15) is 25.7 Å². The number of hydrogen-bond donors (Lipinski definition) is 1. The summed E-state index contributed by atoms with van der Waals surface area (Å²) in [6.45, 7) is 6.00. The van der Waals surface area contributed by atoms with Crippen molar-refractivity contribution >= 4 is 5.91 Å². The van der Waals surface area contributed by atoms with E-state index in [2.05, 4.69) is 4.90 Å². The summed E-state index contributed by atoms with van der Waals surface area (Å²) in [6, 6.07) is 0. The topological polar surface area (TPSA) is 53.0 Å². The molecule has 3 fully saturated rings. The molecule has 5 heteroatoms. The van der Waals surface area contributed by atoms with Gasteiger partial charge in [0.05, 0.1) is 19.3 Å². The highest BCUT2D eigenvalue weighted by Crippen LogP contribution is 2.37. The van der Waals surface area contributed by atoms with E-state index in [1.165, 1.54) is 6.42 Å². The van der Waals surface area contributed by atoms with Gasteiger partial charge in [-0.05, 0) is 31.7 Å². The number of ether oxygens (including phenoxy) is 1. The molecular formula is C15H26N2O3. The van der Waals surface area contributed by atoms with Crippen LogP contribution in [-0.4, -0.2) is 72.9 Å². The largest absolute Gasteiger partial charge is 0.393 e. The van der Waals surface area contributed by atoms with Gasteiger partial charge in [0.25, 0.3) is 0 Å². The first-order valence-corrected chi connectivity index (χ1v) is 8.00. The molecular weight excluding hydrogens is 256 g/mol. The van der Waals surface area contributed by atoms with Crippen LogP contribution in [0.25, 0.3) is 0 Å². The molecule has 0 bridgehead atoms. The Kier molecular flexibility index (Phi) is 4.58. The van der Waals surface area contributed by atoms with Crippen LogP contribution in [-0.2, 0) is 9.53 Å². The lowest BCUT2D eigenvalue weighted by Crippen LogP contribution is -2.40. The van der Waals surface area contributed by atoms with Crippen LogP contribution in [0.4, 0.5) is 0 Å². The zero-order valence-electron chi connectivity index (χ0n) is 12.2. The fraction of sp³-hybridized carbons (Fsp3) is 0.933. The maximum absolute atomic E-state index is 12.0. The van der Waals surface area contributed by atoms with Crippen molar-refractivity contribution < 1.29 is 14.6 Å². The van der Waals surface area contributed by atoms with Gasteiger partial charge in [-0.15, -0.1) is 0 Å². The van der Waals surface area contributed by atoms with Gasteiger partial charge < -0.3 is 19.6 Å². The Labute approximate surface area is 120 Å². The van der Waals surface area contributed by atoms with Crippen LogP contribution in [0.15, 0.2) is 0 Å². The molecule has 20 heavy (non-hydrogen) atoms. The van der Waals surface area contributed by atoms with E-state index in [9.17, 15) is 9.90 Å². The third-order valence-corrected chi connectivity index (χ3v) is 5.12. The number of morpholine rings is 1. The van der Waals surface area contributed by atoms with Crippen LogP contribution in [0.2, 0.25) is 0 Å². The SMILES string of the molecule is O=C(CCCN1CC2CCC(O)C2C1)N1CCOCC1. The molecule has 0 radical (unpaired) electrons. The summed E-state index contributed by atoms with van der Waals surface area (Å²) in [5.41, 5.74) is 0. The molecule has 1 saturated carbocycles. The molecule has 3 unspecified atom stereocenters. The summed E-state index contributed by atoms with van der Waals surface area (Å²) < 4.78 is 5.26. The molecule has 3 aliphatic rings. The van der Waals surface area contributed by atoms with Gasteiger partial charge in [-0.3, -0.25) is 4.79 Å². The van der Waals surface area contributed by atoms with E-state index < -0.39 is 0 Å². The second-order valence-electron chi connectivity index (χ2n) is 6.42. The Morgan fingerprint density at radius 1 is 1.20 bits per heavy atom. The highest BCUT2D eigenvalue weighted by molar-refractivity contribution is 5.76. The number of amides is 1. The molecule has 1 aliphatic carbocycles. The normalized spacial score (nSPS) is 34.5. The maximum Gasteiger partial charge on any atom is 0.222 e. The number of aliphatic hydroxyl groups excluding tert-OH is 1. The molecule has 0 spiro atoms. The number of carbonyl (C=O) groups is 1. The molecule has 1 amide bonds. The van der Waals surface area contributed by atoms with Gasteiger partial charge >= 0.3 is 0 Å². The Morgan fingerprint density at radius 2 is 2.00 bits per heavy atom. The van der Waals surface area contributed by atoms with E-state index in [1.54, 1.807) is 0 Å². The van der Waals surface area contributed by atoms with Crippen molar-refractivity contribution in [3.05, 3.63) is 0 Å². The molecule has 2 saturated heterocycles. The predicted octanol–water partition coefficient (Wildman–Crippen LogP) is 0.328. The average Bonchev–Trinajstić information content (AvgIpc) is 3.02. The molecule has 114 valence electrons. The van der Waals surface area contributed by atoms with Crippen molar-refractivity contribution in [2.75, 3.05) is 45.9 Å². The number of aliphatic hydroxyl groups is 1. The first-order chi connectivity index (χ1) is 9.74. The smallest absolute Gasteiger partial charge is 0.222 e. The van der Waals surface area contributed by atoms with Gasteiger partial charge in [0.1, 0.15) is 0 Å². The lowest BCUT2D eigenvalue weighted by atomic mass is 10.00. The average molecular weight is 282 g/mol. The number of likely N-dealkylation sites (tertiary alicyclic amines) is 1. The van der Waals surface area contributed by atoms with Crippen molar-refractivity contribution in [1.29, 1.82) is 0 Å². The van der Waals surface area contributed by atoms with Gasteiger partial charge in [0, 0.05) is 38.5 Å². The molecule has 5 nitrogen and oxygen atoms in total. The van der Waals surface area contributed by atoms with Gasteiger partial charge in [0.2, 0.25) is 5.91 Å². The van der Waals surface area contributed by atoms with Gasteiger partial charge in [-0.1, -0.05) is 0 Å². The summed E-state index contributed by atoms with van der Waals surface area (Å²) in [5, 5.41) is 9.90. The zero-order chi connectivity index (χ0) is 13.9. The van der Waals surface area contributed by atoms with Crippen molar-refractivity contribution in [1.82, 2.24) is 9.80 Å². The highest BCUT2D eigenvalue weighted by Gasteiger charge is 2.41. The number of rotatable bonds is 4. The zero-order valence-corrected chi connectivity index (χ0v) is 12.2. The van der Waals surface area contributed by atoms with E-state index in [1.807, 2.05) is 4.90 Å². The fourth-order valence-corrected chi connectivity index (χ4v) is 3.94. The van der Waals surface area contributed by atoms with Crippen molar-refractivity contribution in [3.63, 3.8) is 0 Å². The first kappa shape index (κ1) is 14.3. The number of nitrogens with zero attached hydrogens (tertiary/aromatic N) is 2. The second-order valence-corrected chi connectivity index (χ2v) is 6.42. The van der Waals surface area contributed by atoms with E-state index in [0.717, 1.165) is 45.6 Å². The van der Waals surface area contributed by atoms with Crippen molar-refractivity contribution in [2.45, 2.75) is 31.8 Å². The maximum atomic E-state index is 12.0. The summed E-state index contributed by atoms with van der Waals surface area (Å²) in [5.74, 6) is 1.46. The van der Waals surface area contributed by atoms with Crippen LogP contribution in [0.5, 0.6) is 0 Å². The molecule has 0 aromatic carbocycles. The van der Waals surface area contributed by atoms with Crippen LogP contribution < -0.4 is 0 Å². The van der Waals surface area contributed by atoms with Gasteiger partial charge in [-0.2, -0.15) is 0 Å². The fourth-order valence-electron chi connectivity index (χ4n) is 3.94. The van der Waals surface area contributed by atoms with Crippen molar-refractivity contribution in [2.24, 2.45) is 11.8 Å². The number of hydrogen-bond acceptors (Lipinski definition) is 4. The minimum absolute atomic E-state index is 0.0834. The Bertz CT molecular complexity index is 344. The van der Waals surface area contributed by atoms with E-state index in [-0.39, 0.29) is 12.0 Å². The molecule has 0 aromatic heterocycles. The second kappa shape index (κ2) is 6.41. The third kappa shape index (κ3) is 3.15. The Morgan fingerprint density at radius 3 is 2.75 bits per heavy atom. The molecule has 2 heterocycles. The van der Waals surface area contributed by atoms with E-state index in [4.69, 9.17) is 4.74 Å². The van der Waals surface area contributed by atoms with Crippen LogP contribution in [0.3, 0.4) is 0 Å². The molecule has 3 rings (SSSR count). The lowest BCUT2D eigenvalue weighted by Gasteiger charge is -2.27. The summed E-state index contributed by atoms with van der Waals surface area (Å²) in [6.07, 6.45) is 3.66. The number of fused-ring (bicyclic) bond motifs is 1. The standard InChI is InChI=1S/C15H26N2O3/c18-14-4-3-12-10-16(11-13(12)14)5-1-2-15(19)17-6-8-20-9-7-17/h12-14,18H,1-11H2. The molecule has 3 atom stereocenters. The minimum atomic E-state index is -0.0834. The first-order valence-electron chi connectivity index (χ1n) is 8.00.